The van der Waals surface area contributed by atoms with Gasteiger partial charge in [0.2, 0.25) is 17.5 Å². The molecule has 0 aromatic heterocycles. The van der Waals surface area contributed by atoms with Crippen molar-refractivity contribution in [3.8, 4) is 5.75 Å². The summed E-state index contributed by atoms with van der Waals surface area (Å²) < 4.78 is 96.2. The minimum atomic E-state index is -1.96. The van der Waals surface area contributed by atoms with E-state index in [9.17, 15) is 42.5 Å². The lowest BCUT2D eigenvalue weighted by Gasteiger charge is -2.34. The fourth-order valence-electron chi connectivity index (χ4n) is 4.28. The Kier molecular flexibility index (Phi) is 23.6. The van der Waals surface area contributed by atoms with Crippen molar-refractivity contribution in [1.29, 1.82) is 0 Å². The largest absolute Gasteiger partial charge is 0.420 e. The van der Waals surface area contributed by atoms with Crippen molar-refractivity contribution in [3.05, 3.63) is 35.2 Å². The number of carbonyl (C=O) groups is 2. The van der Waals surface area contributed by atoms with Crippen LogP contribution in [0.15, 0.2) is 11.9 Å². The first-order valence-corrected chi connectivity index (χ1v) is 17.4. The van der Waals surface area contributed by atoms with Gasteiger partial charge in [-0.15, -0.1) is 0 Å². The Morgan fingerprint density at radius 2 is 1.32 bits per heavy atom. The summed E-state index contributed by atoms with van der Waals surface area (Å²) in [5, 5.41) is 33.9. The summed E-state index contributed by atoms with van der Waals surface area (Å²) in [6, 6.07) is 0. The number of rotatable bonds is 28. The van der Waals surface area contributed by atoms with Crippen LogP contribution in [0.1, 0.15) is 25.7 Å². The van der Waals surface area contributed by atoms with E-state index in [2.05, 4.69) is 15.4 Å². The van der Waals surface area contributed by atoms with Crippen molar-refractivity contribution in [3.63, 3.8) is 0 Å². The Hall–Kier alpha value is -2.75. The van der Waals surface area contributed by atoms with Crippen LogP contribution in [-0.2, 0) is 42.7 Å². The maximum atomic E-state index is 13.9. The molecule has 0 saturated carbocycles. The van der Waals surface area contributed by atoms with Crippen LogP contribution in [0.25, 0.3) is 0 Å². The molecule has 2 rings (SSSR count). The van der Waals surface area contributed by atoms with Gasteiger partial charge in [-0.2, -0.15) is 4.39 Å². The molecule has 7 N–H and O–H groups in total. The number of halogens is 4. The van der Waals surface area contributed by atoms with Gasteiger partial charge in [-0.3, -0.25) is 9.59 Å². The van der Waals surface area contributed by atoms with Crippen LogP contribution in [0.4, 0.5) is 17.6 Å². The molecule has 1 fully saturated rings. The van der Waals surface area contributed by atoms with E-state index in [0.29, 0.717) is 58.2 Å². The van der Waals surface area contributed by atoms with E-state index >= 15 is 0 Å². The zero-order valence-corrected chi connectivity index (χ0v) is 30.4. The standard InChI is InChI=1S/C32H50F4N3O13P/c33-26-27(34)31(29(36)32(53)28(26)35)52-24(42)3-8-46-12-11-45-7-2-23(41)39-5-10-48-14-16-49-15-13-47-9-4-38-18-20(37)1-6-50-19-22-30(44)21(40)17-25(43)51-22/h18,21-22,25,30,38,40,43-44H,1-17,19,37,53H2,(H,39,41)/b20-18-. The lowest BCUT2D eigenvalue weighted by atomic mass is 10.0. The molecule has 1 aliphatic rings. The summed E-state index contributed by atoms with van der Waals surface area (Å²) in [4.78, 5) is 23.6. The number of hydrogen-bond donors (Lipinski definition) is 6. The van der Waals surface area contributed by atoms with Gasteiger partial charge < -0.3 is 69.6 Å². The number of aliphatic hydroxyl groups is 3. The molecule has 1 heterocycles. The predicted molar refractivity (Wildman–Crippen MR) is 181 cm³/mol. The van der Waals surface area contributed by atoms with Crippen molar-refractivity contribution in [2.75, 3.05) is 92.4 Å². The van der Waals surface area contributed by atoms with E-state index in [1.165, 1.54) is 0 Å². The zero-order chi connectivity index (χ0) is 39.0. The molecule has 53 heavy (non-hydrogen) atoms. The number of ether oxygens (including phenoxy) is 8. The van der Waals surface area contributed by atoms with Gasteiger partial charge in [0.25, 0.3) is 0 Å². The maximum absolute atomic E-state index is 13.9. The average Bonchev–Trinajstić information content (AvgIpc) is 3.13. The molecule has 1 saturated heterocycles. The van der Waals surface area contributed by atoms with Crippen LogP contribution in [0.3, 0.4) is 0 Å². The SMILES string of the molecule is N/C(=C\NCCOCCOCCOCCNC(=O)CCOCCOCCC(=O)Oc1c(F)c(F)c(F)c(P)c1F)CCOCC1OC(O)CC(O)C1O. The summed E-state index contributed by atoms with van der Waals surface area (Å²) in [6.07, 6.45) is -2.46. The molecule has 5 atom stereocenters. The Labute approximate surface area is 306 Å². The van der Waals surface area contributed by atoms with E-state index in [4.69, 9.17) is 38.9 Å². The highest BCUT2D eigenvalue weighted by Gasteiger charge is 2.36. The second-order valence-corrected chi connectivity index (χ2v) is 11.9. The topological polar surface area (TPSA) is 219 Å². The summed E-state index contributed by atoms with van der Waals surface area (Å²) in [5.41, 5.74) is 6.46. The van der Waals surface area contributed by atoms with Gasteiger partial charge in [0.15, 0.2) is 23.7 Å². The van der Waals surface area contributed by atoms with E-state index in [0.717, 1.165) is 0 Å². The first-order valence-electron chi connectivity index (χ1n) is 16.8. The number of nitrogens with two attached hydrogens (primary N) is 1. The molecule has 5 unspecified atom stereocenters. The monoisotopic (exact) mass is 791 g/mol. The number of aliphatic hydroxyl groups excluding tert-OH is 3. The third kappa shape index (κ3) is 18.9. The summed E-state index contributed by atoms with van der Waals surface area (Å²) >= 11 is 0. The van der Waals surface area contributed by atoms with Crippen LogP contribution in [0.2, 0.25) is 0 Å². The Morgan fingerprint density at radius 1 is 0.755 bits per heavy atom. The normalized spacial score (nSPS) is 19.0. The van der Waals surface area contributed by atoms with Gasteiger partial charge in [-0.05, 0) is 0 Å². The van der Waals surface area contributed by atoms with E-state index in [1.807, 2.05) is 0 Å². The molecule has 1 amide bonds. The molecule has 0 bridgehead atoms. The number of nitrogens with one attached hydrogen (secondary N) is 2. The van der Waals surface area contributed by atoms with Gasteiger partial charge in [0, 0.05) is 49.6 Å². The van der Waals surface area contributed by atoms with Crippen LogP contribution >= 0.6 is 9.24 Å². The van der Waals surface area contributed by atoms with Gasteiger partial charge in [0.05, 0.1) is 91.8 Å². The van der Waals surface area contributed by atoms with Gasteiger partial charge in [-0.25, -0.2) is 13.2 Å². The van der Waals surface area contributed by atoms with Gasteiger partial charge >= 0.3 is 5.97 Å². The number of carbonyl (C=O) groups excluding carboxylic acids is 2. The summed E-state index contributed by atoms with van der Waals surface area (Å²) in [5.74, 6) is -9.90. The van der Waals surface area contributed by atoms with Crippen LogP contribution in [0.5, 0.6) is 5.75 Å². The van der Waals surface area contributed by atoms with Crippen LogP contribution in [-0.4, -0.2) is 144 Å². The minimum absolute atomic E-state index is 0.0120. The van der Waals surface area contributed by atoms with Crippen molar-refractivity contribution < 1.29 is 80.4 Å². The Morgan fingerprint density at radius 3 is 1.98 bits per heavy atom. The number of benzene rings is 1. The molecule has 0 radical (unpaired) electrons. The summed E-state index contributed by atoms with van der Waals surface area (Å²) in [6.45, 7) is 3.35. The lowest BCUT2D eigenvalue weighted by Crippen LogP contribution is -2.50. The third-order valence-electron chi connectivity index (χ3n) is 7.13. The van der Waals surface area contributed by atoms with Crippen molar-refractivity contribution in [2.24, 2.45) is 5.73 Å². The van der Waals surface area contributed by atoms with Gasteiger partial charge in [0.1, 0.15) is 12.2 Å². The predicted octanol–water partition coefficient (Wildman–Crippen LogP) is -0.746. The molecular formula is C32H50F4N3O13P. The van der Waals surface area contributed by atoms with E-state index < -0.39 is 71.3 Å². The number of hydrogen-bond acceptors (Lipinski definition) is 15. The smallest absolute Gasteiger partial charge is 0.313 e. The molecule has 1 aromatic carbocycles. The molecule has 1 aliphatic heterocycles. The summed E-state index contributed by atoms with van der Waals surface area (Å²) in [7, 11) is 1.56. The fourth-order valence-corrected chi connectivity index (χ4v) is 4.54. The van der Waals surface area contributed by atoms with Gasteiger partial charge in [-0.1, -0.05) is 9.24 Å². The number of amides is 1. The molecule has 0 aliphatic carbocycles. The zero-order valence-electron chi connectivity index (χ0n) is 29.2. The van der Waals surface area contributed by atoms with Crippen molar-refractivity contribution in [2.45, 2.75) is 50.3 Å². The first-order chi connectivity index (χ1) is 25.4. The quantitative estimate of drug-likeness (QED) is 0.0117. The third-order valence-corrected chi connectivity index (χ3v) is 7.63. The van der Waals surface area contributed by atoms with Crippen LogP contribution in [0, 0.1) is 23.3 Å². The first kappa shape index (κ1) is 46.4. The van der Waals surface area contributed by atoms with E-state index in [1.54, 1.807) is 15.4 Å². The molecule has 21 heteroatoms. The molecule has 0 spiro atoms. The molecule has 304 valence electrons. The second-order valence-electron chi connectivity index (χ2n) is 11.3. The fraction of sp³-hybridized carbons (Fsp3) is 0.688. The highest BCUT2D eigenvalue weighted by Crippen LogP contribution is 2.26. The van der Waals surface area contributed by atoms with E-state index in [-0.39, 0.29) is 65.0 Å². The lowest BCUT2D eigenvalue weighted by molar-refractivity contribution is -0.242. The maximum Gasteiger partial charge on any atom is 0.313 e. The Bertz CT molecular complexity index is 1240. The average molecular weight is 792 g/mol. The number of esters is 1. The Balaban J connectivity index is 1.31. The minimum Gasteiger partial charge on any atom is -0.420 e. The molecule has 16 nitrogen and oxygen atoms in total. The highest BCUT2D eigenvalue weighted by atomic mass is 31.0. The van der Waals surface area contributed by atoms with Crippen molar-refractivity contribution >= 4 is 26.4 Å². The molecular weight excluding hydrogens is 741 g/mol. The highest BCUT2D eigenvalue weighted by molar-refractivity contribution is 7.27. The second kappa shape index (κ2) is 26.9. The van der Waals surface area contributed by atoms with Crippen molar-refractivity contribution in [1.82, 2.24) is 10.6 Å². The van der Waals surface area contributed by atoms with Crippen LogP contribution < -0.4 is 26.4 Å². The molecule has 1 aromatic rings.